The third-order valence-electron chi connectivity index (χ3n) is 4.11. The van der Waals surface area contributed by atoms with Gasteiger partial charge in [0.25, 0.3) is 0 Å². The Kier molecular flexibility index (Phi) is 2.25. The highest BCUT2D eigenvalue weighted by molar-refractivity contribution is 5.33. The van der Waals surface area contributed by atoms with Crippen molar-refractivity contribution < 1.29 is 5.11 Å². The first-order valence-corrected chi connectivity index (χ1v) is 5.93. The minimum absolute atomic E-state index is 0.349. The number of nitrogens with one attached hydrogen (secondary N) is 1. The van der Waals surface area contributed by atoms with Gasteiger partial charge in [0.15, 0.2) is 0 Å². The lowest BCUT2D eigenvalue weighted by Gasteiger charge is -2.17. The second-order valence-electron chi connectivity index (χ2n) is 4.99. The zero-order valence-corrected chi connectivity index (χ0v) is 9.32. The smallest absolute Gasteiger partial charge is 0.115 e. The van der Waals surface area contributed by atoms with Crippen LogP contribution in [0.3, 0.4) is 0 Å². The second kappa shape index (κ2) is 3.63. The largest absolute Gasteiger partial charge is 0.508 e. The van der Waals surface area contributed by atoms with Crippen LogP contribution in [0.15, 0.2) is 36.4 Å². The van der Waals surface area contributed by atoms with E-state index in [1.165, 1.54) is 11.1 Å². The molecule has 0 amide bonds. The number of phenols is 1. The molecule has 1 aromatic rings. The van der Waals surface area contributed by atoms with Gasteiger partial charge in [-0.25, -0.2) is 0 Å². The van der Waals surface area contributed by atoms with E-state index in [1.807, 2.05) is 12.1 Å². The number of fused-ring (bicyclic) bond motifs is 1. The Morgan fingerprint density at radius 3 is 2.62 bits per heavy atom. The molecule has 2 N–H and O–H groups in total. The number of hydrogen-bond acceptors (Lipinski definition) is 2. The van der Waals surface area contributed by atoms with Gasteiger partial charge in [0.05, 0.1) is 0 Å². The summed E-state index contributed by atoms with van der Waals surface area (Å²) >= 11 is 0. The van der Waals surface area contributed by atoms with E-state index < -0.39 is 0 Å². The van der Waals surface area contributed by atoms with Gasteiger partial charge in [0, 0.05) is 6.54 Å². The molecule has 84 valence electrons. The average Bonchev–Trinajstić information content (AvgIpc) is 2.84. The molecule has 2 fully saturated rings. The zero-order chi connectivity index (χ0) is 11.1. The van der Waals surface area contributed by atoms with E-state index in [1.54, 1.807) is 12.1 Å². The Hall–Kier alpha value is -1.28. The second-order valence-corrected chi connectivity index (χ2v) is 4.99. The van der Waals surface area contributed by atoms with Crippen molar-refractivity contribution in [2.75, 3.05) is 13.1 Å². The molecule has 1 aliphatic carbocycles. The van der Waals surface area contributed by atoms with Crippen molar-refractivity contribution in [3.63, 3.8) is 0 Å². The highest BCUT2D eigenvalue weighted by Gasteiger charge is 2.41. The molecule has 0 aromatic heterocycles. The maximum atomic E-state index is 9.31. The van der Waals surface area contributed by atoms with Gasteiger partial charge in [-0.05, 0) is 48.4 Å². The first kappa shape index (κ1) is 9.91. The summed E-state index contributed by atoms with van der Waals surface area (Å²) in [6.45, 7) is 6.40. The Morgan fingerprint density at radius 1 is 1.12 bits per heavy atom. The van der Waals surface area contributed by atoms with Crippen molar-refractivity contribution in [1.29, 1.82) is 0 Å². The summed E-state index contributed by atoms with van der Waals surface area (Å²) in [6, 6.07) is 7.67. The number of rotatable bonds is 1. The molecule has 0 radical (unpaired) electrons. The van der Waals surface area contributed by atoms with Crippen molar-refractivity contribution in [1.82, 2.24) is 5.32 Å². The van der Waals surface area contributed by atoms with Crippen molar-refractivity contribution >= 4 is 0 Å². The molecule has 3 unspecified atom stereocenters. The van der Waals surface area contributed by atoms with Crippen LogP contribution in [0.5, 0.6) is 5.75 Å². The minimum atomic E-state index is 0.349. The van der Waals surface area contributed by atoms with Crippen LogP contribution in [0.1, 0.15) is 17.9 Å². The molecule has 2 aliphatic rings. The van der Waals surface area contributed by atoms with Gasteiger partial charge < -0.3 is 10.4 Å². The molecule has 1 aromatic carbocycles. The highest BCUT2D eigenvalue weighted by Crippen LogP contribution is 2.47. The SMILES string of the molecule is C=C1CC(c2ccc(O)cc2)C2CNCC12. The molecule has 16 heavy (non-hydrogen) atoms. The van der Waals surface area contributed by atoms with Crippen molar-refractivity contribution in [2.24, 2.45) is 11.8 Å². The molecule has 1 saturated carbocycles. The van der Waals surface area contributed by atoms with Crippen LogP contribution < -0.4 is 5.32 Å². The van der Waals surface area contributed by atoms with E-state index in [0.29, 0.717) is 23.5 Å². The van der Waals surface area contributed by atoms with Crippen LogP contribution in [0.4, 0.5) is 0 Å². The van der Waals surface area contributed by atoms with Crippen LogP contribution >= 0.6 is 0 Å². The lowest BCUT2D eigenvalue weighted by Crippen LogP contribution is -2.14. The predicted molar refractivity (Wildman–Crippen MR) is 64.5 cm³/mol. The fraction of sp³-hybridized carbons (Fsp3) is 0.429. The van der Waals surface area contributed by atoms with E-state index in [-0.39, 0.29) is 0 Å². The fourth-order valence-electron chi connectivity index (χ4n) is 3.24. The van der Waals surface area contributed by atoms with Gasteiger partial charge in [-0.1, -0.05) is 24.3 Å². The summed E-state index contributed by atoms with van der Waals surface area (Å²) in [6.07, 6.45) is 1.11. The Bertz CT molecular complexity index is 409. The lowest BCUT2D eigenvalue weighted by molar-refractivity contribution is 0.463. The quantitative estimate of drug-likeness (QED) is 0.704. The predicted octanol–water partition coefficient (Wildman–Crippen LogP) is 2.27. The normalized spacial score (nSPS) is 33.0. The van der Waals surface area contributed by atoms with Gasteiger partial charge in [-0.2, -0.15) is 0 Å². The third-order valence-corrected chi connectivity index (χ3v) is 4.11. The molecular weight excluding hydrogens is 198 g/mol. The molecule has 3 atom stereocenters. The molecule has 0 spiro atoms. The molecule has 1 heterocycles. The van der Waals surface area contributed by atoms with Crippen molar-refractivity contribution in [3.05, 3.63) is 42.0 Å². The van der Waals surface area contributed by atoms with Crippen molar-refractivity contribution in [2.45, 2.75) is 12.3 Å². The first-order valence-electron chi connectivity index (χ1n) is 5.93. The van der Waals surface area contributed by atoms with Gasteiger partial charge in [0.2, 0.25) is 0 Å². The first-order chi connectivity index (χ1) is 7.75. The van der Waals surface area contributed by atoms with E-state index in [9.17, 15) is 5.11 Å². The topological polar surface area (TPSA) is 32.3 Å². The van der Waals surface area contributed by atoms with E-state index in [4.69, 9.17) is 0 Å². The molecular formula is C14H17NO. The summed E-state index contributed by atoms with van der Waals surface area (Å²) in [5.74, 6) is 2.31. The Morgan fingerprint density at radius 2 is 1.88 bits per heavy atom. The number of aromatic hydroxyl groups is 1. The third kappa shape index (κ3) is 1.45. The summed E-state index contributed by atoms with van der Waals surface area (Å²) < 4.78 is 0. The van der Waals surface area contributed by atoms with Crippen LogP contribution in [-0.4, -0.2) is 18.2 Å². The van der Waals surface area contributed by atoms with E-state index in [2.05, 4.69) is 11.9 Å². The summed E-state index contributed by atoms with van der Waals surface area (Å²) in [5, 5.41) is 12.8. The summed E-state index contributed by atoms with van der Waals surface area (Å²) in [7, 11) is 0. The van der Waals surface area contributed by atoms with Gasteiger partial charge in [-0.3, -0.25) is 0 Å². The van der Waals surface area contributed by atoms with E-state index in [0.717, 1.165) is 19.5 Å². The highest BCUT2D eigenvalue weighted by atomic mass is 16.3. The molecule has 1 saturated heterocycles. The van der Waals surface area contributed by atoms with Crippen LogP contribution in [-0.2, 0) is 0 Å². The molecule has 1 aliphatic heterocycles. The zero-order valence-electron chi connectivity index (χ0n) is 9.32. The van der Waals surface area contributed by atoms with Gasteiger partial charge >= 0.3 is 0 Å². The van der Waals surface area contributed by atoms with Gasteiger partial charge in [-0.15, -0.1) is 0 Å². The standard InChI is InChI=1S/C14H17NO/c1-9-6-12(14-8-15-7-13(9)14)10-2-4-11(16)5-3-10/h2-5,12-16H,1,6-8H2. The van der Waals surface area contributed by atoms with Crippen LogP contribution in [0.25, 0.3) is 0 Å². The molecule has 3 rings (SSSR count). The Labute approximate surface area is 96.0 Å². The molecule has 2 heteroatoms. The number of benzene rings is 1. The molecule has 2 nitrogen and oxygen atoms in total. The monoisotopic (exact) mass is 215 g/mol. The number of phenolic OH excluding ortho intramolecular Hbond substituents is 1. The summed E-state index contributed by atoms with van der Waals surface area (Å²) in [5.41, 5.74) is 2.74. The minimum Gasteiger partial charge on any atom is -0.508 e. The molecule has 0 bridgehead atoms. The maximum absolute atomic E-state index is 9.31. The Balaban J connectivity index is 1.90. The maximum Gasteiger partial charge on any atom is 0.115 e. The van der Waals surface area contributed by atoms with Crippen molar-refractivity contribution in [3.8, 4) is 5.75 Å². The fourth-order valence-corrected chi connectivity index (χ4v) is 3.24. The van der Waals surface area contributed by atoms with Crippen LogP contribution in [0.2, 0.25) is 0 Å². The lowest BCUT2D eigenvalue weighted by atomic mass is 9.87. The average molecular weight is 215 g/mol. The van der Waals surface area contributed by atoms with Gasteiger partial charge in [0.1, 0.15) is 5.75 Å². The van der Waals surface area contributed by atoms with Crippen LogP contribution in [0, 0.1) is 11.8 Å². The summed E-state index contributed by atoms with van der Waals surface area (Å²) in [4.78, 5) is 0. The number of hydrogen-bond donors (Lipinski definition) is 2. The van der Waals surface area contributed by atoms with E-state index >= 15 is 0 Å².